The van der Waals surface area contributed by atoms with Crippen molar-refractivity contribution in [2.45, 2.75) is 40.3 Å². The molecule has 2 aromatic rings. The number of nitrogens with one attached hydrogen (secondary N) is 1. The maximum absolute atomic E-state index is 12.2. The predicted octanol–water partition coefficient (Wildman–Crippen LogP) is 3.98. The van der Waals surface area contributed by atoms with E-state index in [-0.39, 0.29) is 11.3 Å². The van der Waals surface area contributed by atoms with Crippen molar-refractivity contribution in [1.82, 2.24) is 15.5 Å². The lowest BCUT2D eigenvalue weighted by Crippen LogP contribution is -2.46. The van der Waals surface area contributed by atoms with Crippen LogP contribution in [0.2, 0.25) is 0 Å². The van der Waals surface area contributed by atoms with Gasteiger partial charge in [-0.3, -0.25) is 4.79 Å². The number of carbonyl (C=O) groups is 1. The van der Waals surface area contributed by atoms with E-state index in [1.807, 2.05) is 6.07 Å². The van der Waals surface area contributed by atoms with Crippen molar-refractivity contribution in [2.24, 2.45) is 0 Å². The Hall–Kier alpha value is -1.05. The molecule has 24 heavy (non-hydrogen) atoms. The van der Waals surface area contributed by atoms with E-state index in [9.17, 15) is 4.79 Å². The smallest absolute Gasteiger partial charge is 0.230 e. The number of thioether (sulfide) groups is 2. The van der Waals surface area contributed by atoms with Crippen LogP contribution in [-0.4, -0.2) is 34.2 Å². The molecule has 4 nitrogen and oxygen atoms in total. The average molecular weight is 380 g/mol. The standard InChI is InChI=1S/C17H21N3OS3/c1-2-22-15-19-20-16(24-15)23-11-14(21)18-12-17(9-6-10-17)13-7-4-3-5-8-13/h3-5,7-8H,2,6,9-12H2,1H3,(H,18,21). The van der Waals surface area contributed by atoms with Crippen molar-refractivity contribution >= 4 is 40.8 Å². The summed E-state index contributed by atoms with van der Waals surface area (Å²) in [4.78, 5) is 12.2. The minimum atomic E-state index is 0.0714. The normalized spacial score (nSPS) is 15.7. The zero-order valence-corrected chi connectivity index (χ0v) is 16.1. The summed E-state index contributed by atoms with van der Waals surface area (Å²) in [7, 11) is 0. The summed E-state index contributed by atoms with van der Waals surface area (Å²) in [5, 5.41) is 11.3. The van der Waals surface area contributed by atoms with Crippen LogP contribution in [0.3, 0.4) is 0 Å². The fourth-order valence-corrected chi connectivity index (χ4v) is 5.59. The molecule has 0 saturated heterocycles. The summed E-state index contributed by atoms with van der Waals surface area (Å²) in [6, 6.07) is 10.5. The van der Waals surface area contributed by atoms with Gasteiger partial charge in [0.2, 0.25) is 5.91 Å². The first-order valence-corrected chi connectivity index (χ1v) is 10.9. The Labute approximate surface area is 155 Å². The highest BCUT2D eigenvalue weighted by molar-refractivity contribution is 8.03. The molecule has 0 bridgehead atoms. The van der Waals surface area contributed by atoms with E-state index in [0.29, 0.717) is 5.75 Å². The second-order valence-electron chi connectivity index (χ2n) is 5.83. The molecule has 0 spiro atoms. The molecule has 1 fully saturated rings. The van der Waals surface area contributed by atoms with Gasteiger partial charge in [0, 0.05) is 12.0 Å². The highest BCUT2D eigenvalue weighted by Crippen LogP contribution is 2.43. The highest BCUT2D eigenvalue weighted by Gasteiger charge is 2.38. The highest BCUT2D eigenvalue weighted by atomic mass is 32.2. The molecule has 0 aliphatic heterocycles. The van der Waals surface area contributed by atoms with E-state index in [2.05, 4.69) is 46.7 Å². The van der Waals surface area contributed by atoms with Crippen molar-refractivity contribution in [3.63, 3.8) is 0 Å². The van der Waals surface area contributed by atoms with E-state index in [1.54, 1.807) is 23.1 Å². The number of hydrogen-bond acceptors (Lipinski definition) is 6. The van der Waals surface area contributed by atoms with Gasteiger partial charge in [0.25, 0.3) is 0 Å². The molecule has 1 heterocycles. The van der Waals surface area contributed by atoms with Crippen molar-refractivity contribution in [3.8, 4) is 0 Å². The van der Waals surface area contributed by atoms with Gasteiger partial charge in [0.15, 0.2) is 8.68 Å². The molecule has 7 heteroatoms. The number of hydrogen-bond donors (Lipinski definition) is 1. The van der Waals surface area contributed by atoms with E-state index in [4.69, 9.17) is 0 Å². The minimum absolute atomic E-state index is 0.0714. The van der Waals surface area contributed by atoms with E-state index < -0.39 is 0 Å². The molecule has 1 aromatic carbocycles. The molecule has 1 saturated carbocycles. The molecule has 1 aliphatic carbocycles. The Bertz CT molecular complexity index is 671. The summed E-state index contributed by atoms with van der Waals surface area (Å²) >= 11 is 4.71. The summed E-state index contributed by atoms with van der Waals surface area (Å²) in [6.07, 6.45) is 3.54. The second kappa shape index (κ2) is 8.36. The average Bonchev–Trinajstić information content (AvgIpc) is 3.01. The zero-order chi connectivity index (χ0) is 16.8. The Balaban J connectivity index is 1.48. The Morgan fingerprint density at radius 1 is 1.21 bits per heavy atom. The Morgan fingerprint density at radius 2 is 1.92 bits per heavy atom. The third kappa shape index (κ3) is 4.32. The molecular weight excluding hydrogens is 358 g/mol. The summed E-state index contributed by atoms with van der Waals surface area (Å²) in [5.74, 6) is 1.46. The van der Waals surface area contributed by atoms with Crippen LogP contribution in [0.4, 0.5) is 0 Å². The van der Waals surface area contributed by atoms with Crippen LogP contribution in [0, 0.1) is 0 Å². The summed E-state index contributed by atoms with van der Waals surface area (Å²) in [6.45, 7) is 2.82. The van der Waals surface area contributed by atoms with Crippen LogP contribution in [0.15, 0.2) is 39.0 Å². The summed E-state index contributed by atoms with van der Waals surface area (Å²) in [5.41, 5.74) is 1.48. The number of amides is 1. The van der Waals surface area contributed by atoms with Gasteiger partial charge in [0.1, 0.15) is 0 Å². The van der Waals surface area contributed by atoms with Gasteiger partial charge >= 0.3 is 0 Å². The Morgan fingerprint density at radius 3 is 2.54 bits per heavy atom. The van der Waals surface area contributed by atoms with Gasteiger partial charge < -0.3 is 5.32 Å². The molecule has 0 atom stereocenters. The number of carbonyl (C=O) groups excluding carboxylic acids is 1. The first kappa shape index (κ1) is 17.8. The fraction of sp³-hybridized carbons (Fsp3) is 0.471. The number of nitrogens with zero attached hydrogens (tertiary/aromatic N) is 2. The topological polar surface area (TPSA) is 54.9 Å². The molecule has 0 unspecified atom stereocenters. The molecule has 1 aliphatic rings. The first-order valence-electron chi connectivity index (χ1n) is 8.13. The van der Waals surface area contributed by atoms with Crippen molar-refractivity contribution in [1.29, 1.82) is 0 Å². The lowest BCUT2D eigenvalue weighted by molar-refractivity contribution is -0.119. The lowest BCUT2D eigenvalue weighted by Gasteiger charge is -2.42. The minimum Gasteiger partial charge on any atom is -0.354 e. The SMILES string of the molecule is CCSc1nnc(SCC(=O)NCC2(c3ccccc3)CCC2)s1. The molecule has 128 valence electrons. The van der Waals surface area contributed by atoms with Gasteiger partial charge in [-0.05, 0) is 24.2 Å². The third-order valence-corrected chi connectivity index (χ3v) is 7.38. The molecular formula is C17H21N3OS3. The Kier molecular flexibility index (Phi) is 6.19. The van der Waals surface area contributed by atoms with Crippen LogP contribution in [0.1, 0.15) is 31.7 Å². The monoisotopic (exact) mass is 379 g/mol. The maximum atomic E-state index is 12.2. The van der Waals surface area contributed by atoms with Crippen LogP contribution in [0.25, 0.3) is 0 Å². The van der Waals surface area contributed by atoms with Crippen LogP contribution >= 0.6 is 34.9 Å². The molecule has 1 aromatic heterocycles. The molecule has 0 radical (unpaired) electrons. The van der Waals surface area contributed by atoms with Crippen molar-refractivity contribution < 1.29 is 4.79 Å². The quantitative estimate of drug-likeness (QED) is 0.703. The van der Waals surface area contributed by atoms with Crippen LogP contribution in [0.5, 0.6) is 0 Å². The van der Waals surface area contributed by atoms with Gasteiger partial charge in [0.05, 0.1) is 5.75 Å². The fourth-order valence-electron chi connectivity index (χ4n) is 2.85. The van der Waals surface area contributed by atoms with E-state index in [0.717, 1.165) is 33.8 Å². The second-order valence-corrected chi connectivity index (χ2v) is 9.54. The lowest BCUT2D eigenvalue weighted by atomic mass is 9.64. The molecule has 3 rings (SSSR count). The van der Waals surface area contributed by atoms with Crippen LogP contribution in [-0.2, 0) is 10.2 Å². The van der Waals surface area contributed by atoms with Crippen molar-refractivity contribution in [2.75, 3.05) is 18.1 Å². The number of benzene rings is 1. The van der Waals surface area contributed by atoms with Gasteiger partial charge in [-0.25, -0.2) is 0 Å². The predicted molar refractivity (Wildman–Crippen MR) is 102 cm³/mol. The van der Waals surface area contributed by atoms with Gasteiger partial charge in [-0.2, -0.15) is 0 Å². The van der Waals surface area contributed by atoms with Crippen molar-refractivity contribution in [3.05, 3.63) is 35.9 Å². The molecule has 1 amide bonds. The number of aromatic nitrogens is 2. The van der Waals surface area contributed by atoms with Gasteiger partial charge in [-0.1, -0.05) is 78.5 Å². The molecule has 1 N–H and O–H groups in total. The number of rotatable bonds is 8. The first-order chi connectivity index (χ1) is 11.7. The van der Waals surface area contributed by atoms with Gasteiger partial charge in [-0.15, -0.1) is 10.2 Å². The van der Waals surface area contributed by atoms with E-state index in [1.165, 1.54) is 23.7 Å². The maximum Gasteiger partial charge on any atom is 0.230 e. The largest absolute Gasteiger partial charge is 0.354 e. The summed E-state index contributed by atoms with van der Waals surface area (Å²) < 4.78 is 1.83. The van der Waals surface area contributed by atoms with E-state index >= 15 is 0 Å². The zero-order valence-electron chi connectivity index (χ0n) is 13.7. The van der Waals surface area contributed by atoms with Crippen LogP contribution < -0.4 is 5.32 Å². The third-order valence-electron chi connectivity index (χ3n) is 4.30.